The van der Waals surface area contributed by atoms with Gasteiger partial charge in [0.1, 0.15) is 11.3 Å². The molecule has 110 valence electrons. The molecule has 0 bridgehead atoms. The smallest absolute Gasteiger partial charge is 0.264 e. The first kappa shape index (κ1) is 14.6. The number of likely N-dealkylation sites (N-methyl/N-ethyl adjacent to an activating group) is 1. The van der Waals surface area contributed by atoms with E-state index in [4.69, 9.17) is 0 Å². The zero-order valence-electron chi connectivity index (χ0n) is 12.0. The number of pyridine rings is 1. The minimum atomic E-state index is -0.502. The van der Waals surface area contributed by atoms with Crippen LogP contribution in [0.2, 0.25) is 0 Å². The molecule has 0 radical (unpaired) electrons. The van der Waals surface area contributed by atoms with E-state index >= 15 is 0 Å². The van der Waals surface area contributed by atoms with Crippen LogP contribution in [0.15, 0.2) is 4.79 Å². The van der Waals surface area contributed by atoms with E-state index in [2.05, 4.69) is 10.3 Å². The summed E-state index contributed by atoms with van der Waals surface area (Å²) in [4.78, 5) is 28.0. The molecule has 6 nitrogen and oxygen atoms in total. The number of hydrogen-bond donors (Lipinski definition) is 4. The van der Waals surface area contributed by atoms with Gasteiger partial charge in [-0.05, 0) is 25.7 Å². The standard InChI is InChI=1S/C14H21N3O3/c1-17(2)8-7-15-13(19)11-12(18)9-5-3-4-6-10(9)16-14(11)20/h3-8H2,1-2H3,(H,15,19)(H2,16,18,20)/p+1. The number of quaternary nitrogens is 1. The Balaban J connectivity index is 2.23. The van der Waals surface area contributed by atoms with E-state index < -0.39 is 11.5 Å². The van der Waals surface area contributed by atoms with Crippen LogP contribution in [0.5, 0.6) is 5.75 Å². The van der Waals surface area contributed by atoms with Crippen molar-refractivity contribution in [1.82, 2.24) is 10.3 Å². The van der Waals surface area contributed by atoms with Crippen LogP contribution in [-0.2, 0) is 12.8 Å². The van der Waals surface area contributed by atoms with Crippen molar-refractivity contribution in [1.29, 1.82) is 0 Å². The number of fused-ring (bicyclic) bond motifs is 1. The Kier molecular flexibility index (Phi) is 4.44. The summed E-state index contributed by atoms with van der Waals surface area (Å²) in [5.74, 6) is -0.642. The summed E-state index contributed by atoms with van der Waals surface area (Å²) in [6.45, 7) is 1.23. The van der Waals surface area contributed by atoms with Crippen molar-refractivity contribution < 1.29 is 14.8 Å². The van der Waals surface area contributed by atoms with Gasteiger partial charge in [0.25, 0.3) is 11.5 Å². The third-order valence-electron chi connectivity index (χ3n) is 3.62. The number of carbonyl (C=O) groups is 1. The van der Waals surface area contributed by atoms with E-state index in [-0.39, 0.29) is 11.3 Å². The van der Waals surface area contributed by atoms with E-state index in [1.54, 1.807) is 0 Å². The third-order valence-corrected chi connectivity index (χ3v) is 3.62. The summed E-state index contributed by atoms with van der Waals surface area (Å²) in [6.07, 6.45) is 3.43. The summed E-state index contributed by atoms with van der Waals surface area (Å²) >= 11 is 0. The van der Waals surface area contributed by atoms with Crippen molar-refractivity contribution in [2.24, 2.45) is 0 Å². The number of amides is 1. The lowest BCUT2D eigenvalue weighted by Gasteiger charge is -2.18. The number of carbonyl (C=O) groups excluding carboxylic acids is 1. The third kappa shape index (κ3) is 3.01. The van der Waals surface area contributed by atoms with Gasteiger partial charge in [-0.15, -0.1) is 0 Å². The van der Waals surface area contributed by atoms with Gasteiger partial charge in [0, 0.05) is 11.3 Å². The number of aromatic hydroxyl groups is 1. The molecule has 1 amide bonds. The summed E-state index contributed by atoms with van der Waals surface area (Å²) < 4.78 is 0. The van der Waals surface area contributed by atoms with Crippen LogP contribution in [0, 0.1) is 0 Å². The van der Waals surface area contributed by atoms with E-state index in [1.807, 2.05) is 14.1 Å². The van der Waals surface area contributed by atoms with Crippen molar-refractivity contribution in [2.75, 3.05) is 27.2 Å². The average Bonchev–Trinajstić information content (AvgIpc) is 2.38. The lowest BCUT2D eigenvalue weighted by atomic mass is 9.93. The van der Waals surface area contributed by atoms with Gasteiger partial charge in [0.05, 0.1) is 27.2 Å². The Bertz CT molecular complexity index is 564. The van der Waals surface area contributed by atoms with Gasteiger partial charge in [-0.25, -0.2) is 0 Å². The fourth-order valence-electron chi connectivity index (χ4n) is 2.49. The number of aromatic amines is 1. The summed E-state index contributed by atoms with van der Waals surface area (Å²) in [5, 5.41) is 12.9. The van der Waals surface area contributed by atoms with Gasteiger partial charge in [0.2, 0.25) is 0 Å². The molecule has 1 aromatic heterocycles. The number of nitrogens with one attached hydrogen (secondary N) is 3. The minimum Gasteiger partial charge on any atom is -0.507 e. The summed E-state index contributed by atoms with van der Waals surface area (Å²) in [5.41, 5.74) is 0.838. The average molecular weight is 280 g/mol. The molecular formula is C14H22N3O3+. The normalized spacial score (nSPS) is 14.2. The van der Waals surface area contributed by atoms with E-state index in [1.165, 1.54) is 4.90 Å². The molecule has 0 fully saturated rings. The quantitative estimate of drug-likeness (QED) is 0.561. The zero-order valence-corrected chi connectivity index (χ0v) is 12.0. The fraction of sp³-hybridized carbons (Fsp3) is 0.571. The second-order valence-electron chi connectivity index (χ2n) is 5.55. The van der Waals surface area contributed by atoms with E-state index in [9.17, 15) is 14.7 Å². The topological polar surface area (TPSA) is 86.6 Å². The van der Waals surface area contributed by atoms with Crippen molar-refractivity contribution in [3.8, 4) is 5.75 Å². The number of aromatic nitrogens is 1. The molecule has 1 heterocycles. The molecule has 20 heavy (non-hydrogen) atoms. The summed E-state index contributed by atoms with van der Waals surface area (Å²) in [6, 6.07) is 0. The predicted octanol–water partition coefficient (Wildman–Crippen LogP) is -1.17. The maximum absolute atomic E-state index is 12.1. The van der Waals surface area contributed by atoms with Crippen molar-refractivity contribution in [3.63, 3.8) is 0 Å². The SMILES string of the molecule is C[NH+](C)CCNC(=O)c1c(O)c2c([nH]c1=O)CCCC2. The van der Waals surface area contributed by atoms with Crippen LogP contribution >= 0.6 is 0 Å². The monoisotopic (exact) mass is 280 g/mol. The molecular weight excluding hydrogens is 258 g/mol. The predicted molar refractivity (Wildman–Crippen MR) is 75.4 cm³/mol. The molecule has 0 unspecified atom stereocenters. The Morgan fingerprint density at radius 3 is 2.75 bits per heavy atom. The number of rotatable bonds is 4. The molecule has 0 aliphatic heterocycles. The lowest BCUT2D eigenvalue weighted by molar-refractivity contribution is -0.856. The van der Waals surface area contributed by atoms with Gasteiger partial charge < -0.3 is 20.3 Å². The second-order valence-corrected chi connectivity index (χ2v) is 5.55. The molecule has 1 aliphatic rings. The first-order valence-corrected chi connectivity index (χ1v) is 7.05. The van der Waals surface area contributed by atoms with Crippen LogP contribution in [-0.4, -0.2) is 43.2 Å². The van der Waals surface area contributed by atoms with Crippen LogP contribution in [0.4, 0.5) is 0 Å². The molecule has 2 rings (SSSR count). The van der Waals surface area contributed by atoms with Crippen molar-refractivity contribution in [2.45, 2.75) is 25.7 Å². The molecule has 1 aliphatic carbocycles. The van der Waals surface area contributed by atoms with Crippen LogP contribution in [0.3, 0.4) is 0 Å². The first-order chi connectivity index (χ1) is 9.50. The van der Waals surface area contributed by atoms with Crippen LogP contribution in [0.1, 0.15) is 34.5 Å². The molecule has 6 heteroatoms. The van der Waals surface area contributed by atoms with Gasteiger partial charge in [-0.2, -0.15) is 0 Å². The molecule has 4 N–H and O–H groups in total. The Morgan fingerprint density at radius 1 is 1.35 bits per heavy atom. The second kappa shape index (κ2) is 6.09. The van der Waals surface area contributed by atoms with Gasteiger partial charge in [0.15, 0.2) is 0 Å². The fourth-order valence-corrected chi connectivity index (χ4v) is 2.49. The van der Waals surface area contributed by atoms with Gasteiger partial charge >= 0.3 is 0 Å². The number of hydrogen-bond acceptors (Lipinski definition) is 3. The Morgan fingerprint density at radius 2 is 2.05 bits per heavy atom. The van der Waals surface area contributed by atoms with Gasteiger partial charge in [-0.1, -0.05) is 0 Å². The molecule has 0 saturated heterocycles. The number of aryl methyl sites for hydroxylation is 1. The Hall–Kier alpha value is -1.82. The first-order valence-electron chi connectivity index (χ1n) is 7.05. The Labute approximate surface area is 117 Å². The highest BCUT2D eigenvalue weighted by Crippen LogP contribution is 2.28. The molecule has 0 spiro atoms. The van der Waals surface area contributed by atoms with E-state index in [0.717, 1.165) is 37.1 Å². The highest BCUT2D eigenvalue weighted by atomic mass is 16.3. The van der Waals surface area contributed by atoms with Crippen LogP contribution in [0.25, 0.3) is 0 Å². The maximum atomic E-state index is 12.1. The molecule has 0 saturated carbocycles. The zero-order chi connectivity index (χ0) is 14.7. The minimum absolute atomic E-state index is 0.141. The highest BCUT2D eigenvalue weighted by molar-refractivity contribution is 5.96. The molecule has 0 aromatic carbocycles. The summed E-state index contributed by atoms with van der Waals surface area (Å²) in [7, 11) is 3.96. The van der Waals surface area contributed by atoms with E-state index in [0.29, 0.717) is 13.0 Å². The van der Waals surface area contributed by atoms with Gasteiger partial charge in [-0.3, -0.25) is 9.59 Å². The molecule has 0 atom stereocenters. The van der Waals surface area contributed by atoms with Crippen LogP contribution < -0.4 is 15.8 Å². The molecule has 1 aromatic rings. The largest absolute Gasteiger partial charge is 0.507 e. The lowest BCUT2D eigenvalue weighted by Crippen LogP contribution is -3.06. The maximum Gasteiger partial charge on any atom is 0.264 e. The number of H-pyrrole nitrogens is 1. The van der Waals surface area contributed by atoms with Crippen molar-refractivity contribution in [3.05, 3.63) is 27.2 Å². The highest BCUT2D eigenvalue weighted by Gasteiger charge is 2.23. The van der Waals surface area contributed by atoms with Crippen molar-refractivity contribution >= 4 is 5.91 Å².